The zero-order valence-electron chi connectivity index (χ0n) is 11.3. The first-order valence-electron chi connectivity index (χ1n) is 6.54. The molecule has 4 heteroatoms. The Kier molecular flexibility index (Phi) is 3.76. The van der Waals surface area contributed by atoms with Gasteiger partial charge in [-0.05, 0) is 53.8 Å². The summed E-state index contributed by atoms with van der Waals surface area (Å²) < 4.78 is 0. The van der Waals surface area contributed by atoms with Crippen LogP contribution in [0.1, 0.15) is 21.5 Å². The molecule has 0 spiro atoms. The summed E-state index contributed by atoms with van der Waals surface area (Å²) in [6, 6.07) is 13.8. The molecule has 20 heavy (non-hydrogen) atoms. The summed E-state index contributed by atoms with van der Waals surface area (Å²) in [6.45, 7) is 1.74. The van der Waals surface area contributed by atoms with E-state index in [0.717, 1.165) is 18.8 Å². The molecule has 0 unspecified atom stereocenters. The molecule has 1 amide bonds. The Hall–Kier alpha value is -1.78. The molecule has 0 saturated carbocycles. The van der Waals surface area contributed by atoms with Crippen LogP contribution in [0.15, 0.2) is 47.4 Å². The molecule has 2 aromatic rings. The average Bonchev–Trinajstić information content (AvgIpc) is 2.95. The highest BCUT2D eigenvalue weighted by Crippen LogP contribution is 2.20. The molecule has 102 valence electrons. The molecule has 2 aromatic carbocycles. The zero-order chi connectivity index (χ0) is 13.9. The van der Waals surface area contributed by atoms with Crippen LogP contribution >= 0.6 is 11.8 Å². The summed E-state index contributed by atoms with van der Waals surface area (Å²) >= 11 is 1.69. The number of benzene rings is 2. The molecular weight excluding hydrogens is 268 g/mol. The smallest absolute Gasteiger partial charge is 0.255 e. The van der Waals surface area contributed by atoms with Crippen molar-refractivity contribution in [2.75, 3.05) is 11.6 Å². The van der Waals surface area contributed by atoms with Gasteiger partial charge in [0.2, 0.25) is 0 Å². The summed E-state index contributed by atoms with van der Waals surface area (Å²) in [5.41, 5.74) is 4.04. The second-order valence-electron chi connectivity index (χ2n) is 4.77. The summed E-state index contributed by atoms with van der Waals surface area (Å²) in [6.07, 6.45) is 2.03. The number of hydrogen-bond donors (Lipinski definition) is 2. The van der Waals surface area contributed by atoms with E-state index in [2.05, 4.69) is 10.6 Å². The van der Waals surface area contributed by atoms with Crippen LogP contribution in [-0.2, 0) is 13.1 Å². The normalized spacial score (nSPS) is 13.1. The Labute approximate surface area is 122 Å². The predicted octanol–water partition coefficient (Wildman–Crippen LogP) is 3.26. The van der Waals surface area contributed by atoms with Crippen molar-refractivity contribution in [1.29, 1.82) is 0 Å². The molecule has 1 aliphatic rings. The molecule has 0 bridgehead atoms. The number of rotatable bonds is 3. The van der Waals surface area contributed by atoms with Crippen LogP contribution in [0.5, 0.6) is 0 Å². The van der Waals surface area contributed by atoms with Crippen molar-refractivity contribution in [3.63, 3.8) is 0 Å². The lowest BCUT2D eigenvalue weighted by Gasteiger charge is -2.07. The standard InChI is InChI=1S/C16H16N2OS/c1-20-15-6-4-14(5-7-15)18-16(19)11-2-3-12-9-17-10-13(12)8-11/h2-8,17H,9-10H2,1H3,(H,18,19). The molecule has 3 nitrogen and oxygen atoms in total. The van der Waals surface area contributed by atoms with E-state index >= 15 is 0 Å². The number of carbonyl (C=O) groups is 1. The number of amides is 1. The van der Waals surface area contributed by atoms with Crippen molar-refractivity contribution < 1.29 is 4.79 Å². The number of fused-ring (bicyclic) bond motifs is 1. The maximum atomic E-state index is 12.2. The van der Waals surface area contributed by atoms with Gasteiger partial charge in [0, 0.05) is 29.2 Å². The highest BCUT2D eigenvalue weighted by molar-refractivity contribution is 7.98. The molecule has 0 aromatic heterocycles. The van der Waals surface area contributed by atoms with Crippen LogP contribution in [0.4, 0.5) is 5.69 Å². The van der Waals surface area contributed by atoms with E-state index in [9.17, 15) is 4.79 Å². The van der Waals surface area contributed by atoms with E-state index < -0.39 is 0 Å². The molecule has 1 heterocycles. The molecule has 3 rings (SSSR count). The van der Waals surface area contributed by atoms with Gasteiger partial charge in [-0.25, -0.2) is 0 Å². The Morgan fingerprint density at radius 1 is 1.10 bits per heavy atom. The van der Waals surface area contributed by atoms with Crippen molar-refractivity contribution in [3.8, 4) is 0 Å². The molecule has 0 saturated heterocycles. The Morgan fingerprint density at radius 2 is 1.85 bits per heavy atom. The Bertz CT molecular complexity index is 637. The van der Waals surface area contributed by atoms with E-state index in [-0.39, 0.29) is 5.91 Å². The summed E-state index contributed by atoms with van der Waals surface area (Å²) in [5, 5.41) is 6.21. The van der Waals surface area contributed by atoms with Gasteiger partial charge >= 0.3 is 0 Å². The van der Waals surface area contributed by atoms with Crippen LogP contribution in [0.25, 0.3) is 0 Å². The van der Waals surface area contributed by atoms with Crippen molar-refractivity contribution in [1.82, 2.24) is 5.32 Å². The summed E-state index contributed by atoms with van der Waals surface area (Å²) in [5.74, 6) is -0.0587. The minimum Gasteiger partial charge on any atom is -0.322 e. The van der Waals surface area contributed by atoms with E-state index in [1.807, 2.05) is 48.7 Å². The van der Waals surface area contributed by atoms with Crippen molar-refractivity contribution >= 4 is 23.4 Å². The fourth-order valence-electron chi connectivity index (χ4n) is 2.31. The van der Waals surface area contributed by atoms with Crippen LogP contribution < -0.4 is 10.6 Å². The monoisotopic (exact) mass is 284 g/mol. The lowest BCUT2D eigenvalue weighted by molar-refractivity contribution is 0.102. The van der Waals surface area contributed by atoms with Gasteiger partial charge in [0.05, 0.1) is 0 Å². The predicted molar refractivity (Wildman–Crippen MR) is 83.2 cm³/mol. The maximum absolute atomic E-state index is 12.2. The first-order valence-corrected chi connectivity index (χ1v) is 7.76. The number of anilines is 1. The van der Waals surface area contributed by atoms with E-state index in [0.29, 0.717) is 5.56 Å². The first-order chi connectivity index (χ1) is 9.76. The molecule has 1 aliphatic heterocycles. The van der Waals surface area contributed by atoms with Crippen LogP contribution in [0.3, 0.4) is 0 Å². The van der Waals surface area contributed by atoms with Gasteiger partial charge in [0.1, 0.15) is 0 Å². The molecule has 0 fully saturated rings. The second kappa shape index (κ2) is 5.69. The average molecular weight is 284 g/mol. The van der Waals surface area contributed by atoms with Gasteiger partial charge in [-0.3, -0.25) is 4.79 Å². The van der Waals surface area contributed by atoms with Gasteiger partial charge in [-0.1, -0.05) is 6.07 Å². The quantitative estimate of drug-likeness (QED) is 0.850. The number of hydrogen-bond acceptors (Lipinski definition) is 3. The highest BCUT2D eigenvalue weighted by atomic mass is 32.2. The third kappa shape index (κ3) is 2.71. The molecule has 0 aliphatic carbocycles. The summed E-state index contributed by atoms with van der Waals surface area (Å²) in [7, 11) is 0. The largest absolute Gasteiger partial charge is 0.322 e. The molecule has 0 radical (unpaired) electrons. The molecular formula is C16H16N2OS. The van der Waals surface area contributed by atoms with Gasteiger partial charge < -0.3 is 10.6 Å². The van der Waals surface area contributed by atoms with E-state index in [1.165, 1.54) is 16.0 Å². The fraction of sp³-hybridized carbons (Fsp3) is 0.188. The second-order valence-corrected chi connectivity index (χ2v) is 5.65. The topological polar surface area (TPSA) is 41.1 Å². The van der Waals surface area contributed by atoms with E-state index in [4.69, 9.17) is 0 Å². The first kappa shape index (κ1) is 13.2. The lowest BCUT2D eigenvalue weighted by atomic mass is 10.1. The van der Waals surface area contributed by atoms with Crippen LogP contribution in [0, 0.1) is 0 Å². The Balaban J connectivity index is 1.75. The van der Waals surface area contributed by atoms with Gasteiger partial charge in [0.15, 0.2) is 0 Å². The Morgan fingerprint density at radius 3 is 2.60 bits per heavy atom. The zero-order valence-corrected chi connectivity index (χ0v) is 12.1. The summed E-state index contributed by atoms with van der Waals surface area (Å²) in [4.78, 5) is 13.4. The molecule has 2 N–H and O–H groups in total. The highest BCUT2D eigenvalue weighted by Gasteiger charge is 2.13. The molecule has 0 atom stereocenters. The van der Waals surface area contributed by atoms with Gasteiger partial charge in [-0.15, -0.1) is 11.8 Å². The fourth-order valence-corrected chi connectivity index (χ4v) is 2.72. The van der Waals surface area contributed by atoms with Crippen molar-refractivity contribution in [3.05, 3.63) is 59.2 Å². The van der Waals surface area contributed by atoms with Crippen molar-refractivity contribution in [2.45, 2.75) is 18.0 Å². The third-order valence-electron chi connectivity index (χ3n) is 3.45. The number of nitrogens with one attached hydrogen (secondary N) is 2. The van der Waals surface area contributed by atoms with Crippen molar-refractivity contribution in [2.24, 2.45) is 0 Å². The van der Waals surface area contributed by atoms with Crippen LogP contribution in [-0.4, -0.2) is 12.2 Å². The third-order valence-corrected chi connectivity index (χ3v) is 4.19. The number of thioether (sulfide) groups is 1. The maximum Gasteiger partial charge on any atom is 0.255 e. The van der Waals surface area contributed by atoms with Crippen LogP contribution in [0.2, 0.25) is 0 Å². The van der Waals surface area contributed by atoms with E-state index in [1.54, 1.807) is 11.8 Å². The minimum atomic E-state index is -0.0587. The minimum absolute atomic E-state index is 0.0587. The lowest BCUT2D eigenvalue weighted by Crippen LogP contribution is -2.12. The number of carbonyl (C=O) groups excluding carboxylic acids is 1. The van der Waals surface area contributed by atoms with Gasteiger partial charge in [-0.2, -0.15) is 0 Å². The van der Waals surface area contributed by atoms with Gasteiger partial charge in [0.25, 0.3) is 5.91 Å². The SMILES string of the molecule is CSc1ccc(NC(=O)c2ccc3c(c2)CNC3)cc1.